The van der Waals surface area contributed by atoms with Crippen LogP contribution in [-0.2, 0) is 4.74 Å². The topological polar surface area (TPSA) is 21.3 Å². The van der Waals surface area contributed by atoms with Crippen LogP contribution in [0.4, 0.5) is 0 Å². The highest BCUT2D eigenvalue weighted by molar-refractivity contribution is 7.99. The minimum Gasteiger partial charge on any atom is -0.375 e. The fourth-order valence-electron chi connectivity index (χ4n) is 1.56. The Balaban J connectivity index is 2.46. The summed E-state index contributed by atoms with van der Waals surface area (Å²) in [6.45, 7) is 8.56. The fraction of sp³-hybridized carbons (Fsp3) is 1.00. The first-order chi connectivity index (χ1) is 6.15. The summed E-state index contributed by atoms with van der Waals surface area (Å²) in [6, 6.07) is 0.568. The highest BCUT2D eigenvalue weighted by Crippen LogP contribution is 2.18. The van der Waals surface area contributed by atoms with E-state index in [-0.39, 0.29) is 0 Å². The Kier molecular flexibility index (Phi) is 4.56. The Morgan fingerprint density at radius 2 is 2.15 bits per heavy atom. The van der Waals surface area contributed by atoms with Gasteiger partial charge in [0.1, 0.15) is 0 Å². The predicted octanol–water partition coefficient (Wildman–Crippen LogP) is 1.75. The number of hydrogen-bond acceptors (Lipinski definition) is 3. The van der Waals surface area contributed by atoms with Crippen molar-refractivity contribution < 1.29 is 4.74 Å². The van der Waals surface area contributed by atoms with E-state index < -0.39 is 0 Å². The van der Waals surface area contributed by atoms with Gasteiger partial charge in [-0.2, -0.15) is 11.8 Å². The van der Waals surface area contributed by atoms with Gasteiger partial charge in [-0.05, 0) is 19.1 Å². The van der Waals surface area contributed by atoms with E-state index in [1.807, 2.05) is 11.8 Å². The van der Waals surface area contributed by atoms with E-state index in [9.17, 15) is 0 Å². The number of hydrogen-bond donors (Lipinski definition) is 1. The van der Waals surface area contributed by atoms with Gasteiger partial charge in [0.25, 0.3) is 0 Å². The average molecular weight is 203 g/mol. The Hall–Kier alpha value is 0.270. The van der Waals surface area contributed by atoms with Crippen molar-refractivity contribution in [3.63, 3.8) is 0 Å². The van der Waals surface area contributed by atoms with Crippen molar-refractivity contribution in [3.05, 3.63) is 0 Å². The van der Waals surface area contributed by atoms with Crippen LogP contribution in [0.5, 0.6) is 0 Å². The molecule has 1 rings (SSSR count). The van der Waals surface area contributed by atoms with E-state index in [1.165, 1.54) is 0 Å². The highest BCUT2D eigenvalue weighted by Gasteiger charge is 2.25. The lowest BCUT2D eigenvalue weighted by Gasteiger charge is -2.18. The first-order valence-corrected chi connectivity index (χ1v) is 6.31. The van der Waals surface area contributed by atoms with Crippen LogP contribution < -0.4 is 5.32 Å². The van der Waals surface area contributed by atoms with E-state index >= 15 is 0 Å². The van der Waals surface area contributed by atoms with Crippen molar-refractivity contribution in [2.45, 2.75) is 38.2 Å². The third-order valence-corrected chi connectivity index (χ3v) is 3.87. The van der Waals surface area contributed by atoms with Gasteiger partial charge in [0, 0.05) is 17.8 Å². The maximum atomic E-state index is 5.85. The summed E-state index contributed by atoms with van der Waals surface area (Å²) in [5.41, 5.74) is 0. The molecule has 0 spiro atoms. The molecule has 0 saturated carbocycles. The van der Waals surface area contributed by atoms with Crippen molar-refractivity contribution in [1.29, 1.82) is 0 Å². The second kappa shape index (κ2) is 5.23. The summed E-state index contributed by atoms with van der Waals surface area (Å²) >= 11 is 1.89. The Morgan fingerprint density at radius 3 is 2.69 bits per heavy atom. The fourth-order valence-corrected chi connectivity index (χ4v) is 2.27. The van der Waals surface area contributed by atoms with Gasteiger partial charge in [-0.25, -0.2) is 0 Å². The molecule has 1 aliphatic rings. The van der Waals surface area contributed by atoms with Gasteiger partial charge in [-0.1, -0.05) is 13.8 Å². The molecular formula is C10H21NOS. The molecule has 0 aromatic heterocycles. The van der Waals surface area contributed by atoms with Crippen LogP contribution in [0.3, 0.4) is 0 Å². The van der Waals surface area contributed by atoms with Gasteiger partial charge < -0.3 is 10.1 Å². The van der Waals surface area contributed by atoms with Crippen molar-refractivity contribution >= 4 is 11.8 Å². The minimum absolute atomic E-state index is 0.389. The van der Waals surface area contributed by atoms with Crippen LogP contribution in [0, 0.1) is 5.92 Å². The van der Waals surface area contributed by atoms with Gasteiger partial charge in [0.15, 0.2) is 0 Å². The normalized spacial score (nSPS) is 36.2. The van der Waals surface area contributed by atoms with E-state index in [2.05, 4.69) is 32.3 Å². The van der Waals surface area contributed by atoms with E-state index in [0.29, 0.717) is 23.3 Å². The van der Waals surface area contributed by atoms with Gasteiger partial charge in [0.2, 0.25) is 0 Å². The summed E-state index contributed by atoms with van der Waals surface area (Å²) in [5, 5.41) is 4.13. The molecule has 0 radical (unpaired) electrons. The molecule has 0 amide bonds. The molecule has 3 atom stereocenters. The summed E-state index contributed by atoms with van der Waals surface area (Å²) in [7, 11) is 0. The molecule has 3 heteroatoms. The lowest BCUT2D eigenvalue weighted by molar-refractivity contribution is 0.0371. The number of rotatable bonds is 2. The molecule has 1 saturated heterocycles. The lowest BCUT2D eigenvalue weighted by atomic mass is 10.1. The van der Waals surface area contributed by atoms with Crippen LogP contribution in [-0.4, -0.2) is 36.8 Å². The molecule has 13 heavy (non-hydrogen) atoms. The molecular weight excluding hydrogens is 182 g/mol. The van der Waals surface area contributed by atoms with E-state index in [1.54, 1.807) is 0 Å². The Labute approximate surface area is 85.8 Å². The van der Waals surface area contributed by atoms with Crippen molar-refractivity contribution in [3.8, 4) is 0 Å². The van der Waals surface area contributed by atoms with Crippen LogP contribution in [0.15, 0.2) is 0 Å². The second-order valence-corrected chi connectivity index (χ2v) is 5.16. The van der Waals surface area contributed by atoms with Gasteiger partial charge >= 0.3 is 0 Å². The average Bonchev–Trinajstić information content (AvgIpc) is 2.27. The molecule has 2 nitrogen and oxygen atoms in total. The molecule has 1 N–H and O–H groups in total. The molecule has 1 heterocycles. The van der Waals surface area contributed by atoms with Crippen LogP contribution in [0.2, 0.25) is 0 Å². The van der Waals surface area contributed by atoms with Crippen molar-refractivity contribution in [2.75, 3.05) is 19.4 Å². The second-order valence-electron chi connectivity index (χ2n) is 4.09. The van der Waals surface area contributed by atoms with Gasteiger partial charge in [0.05, 0.1) is 12.7 Å². The predicted molar refractivity (Wildman–Crippen MR) is 59.3 cm³/mol. The SMILES string of the molecule is CSC1COC(C(C)C)CNC1C. The van der Waals surface area contributed by atoms with Crippen LogP contribution in [0.25, 0.3) is 0 Å². The van der Waals surface area contributed by atoms with E-state index in [4.69, 9.17) is 4.74 Å². The maximum Gasteiger partial charge on any atom is 0.0722 e. The zero-order chi connectivity index (χ0) is 9.84. The molecule has 0 aliphatic carbocycles. The summed E-state index contributed by atoms with van der Waals surface area (Å²) < 4.78 is 5.85. The summed E-state index contributed by atoms with van der Waals surface area (Å²) in [4.78, 5) is 0. The largest absolute Gasteiger partial charge is 0.375 e. The van der Waals surface area contributed by atoms with Crippen LogP contribution >= 0.6 is 11.8 Å². The molecule has 3 unspecified atom stereocenters. The first kappa shape index (κ1) is 11.3. The zero-order valence-corrected chi connectivity index (χ0v) is 9.86. The Morgan fingerprint density at radius 1 is 1.46 bits per heavy atom. The summed E-state index contributed by atoms with van der Waals surface area (Å²) in [6.07, 6.45) is 2.54. The first-order valence-electron chi connectivity index (χ1n) is 5.03. The molecule has 0 bridgehead atoms. The molecule has 0 aromatic rings. The molecule has 78 valence electrons. The van der Waals surface area contributed by atoms with Crippen molar-refractivity contribution in [1.82, 2.24) is 5.32 Å². The van der Waals surface area contributed by atoms with Crippen LogP contribution in [0.1, 0.15) is 20.8 Å². The number of nitrogens with one attached hydrogen (secondary N) is 1. The molecule has 1 fully saturated rings. The van der Waals surface area contributed by atoms with Gasteiger partial charge in [-0.3, -0.25) is 0 Å². The molecule has 1 aliphatic heterocycles. The maximum absolute atomic E-state index is 5.85. The lowest BCUT2D eigenvalue weighted by Crippen LogP contribution is -2.37. The Bertz CT molecular complexity index is 152. The van der Waals surface area contributed by atoms with Crippen molar-refractivity contribution in [2.24, 2.45) is 5.92 Å². The standard InChI is InChI=1S/C10H21NOS/c1-7(2)9-5-11-8(3)10(13-4)6-12-9/h7-11H,5-6H2,1-4H3. The van der Waals surface area contributed by atoms with Gasteiger partial charge in [-0.15, -0.1) is 0 Å². The third-order valence-electron chi connectivity index (χ3n) is 2.72. The smallest absolute Gasteiger partial charge is 0.0722 e. The quantitative estimate of drug-likeness (QED) is 0.739. The minimum atomic E-state index is 0.389. The highest BCUT2D eigenvalue weighted by atomic mass is 32.2. The van der Waals surface area contributed by atoms with E-state index in [0.717, 1.165) is 13.2 Å². The monoisotopic (exact) mass is 203 g/mol. The number of thioether (sulfide) groups is 1. The zero-order valence-electron chi connectivity index (χ0n) is 9.04. The third kappa shape index (κ3) is 3.15. The molecule has 0 aromatic carbocycles. The summed E-state index contributed by atoms with van der Waals surface area (Å²) in [5.74, 6) is 0.611. The number of ether oxygens (including phenoxy) is 1.